The number of hydroxylamine groups is 1. The number of rotatable bonds is 9. The summed E-state index contributed by atoms with van der Waals surface area (Å²) >= 11 is 0. The highest BCUT2D eigenvalue weighted by atomic mass is 16.7. The van der Waals surface area contributed by atoms with E-state index in [0.717, 1.165) is 10.6 Å². The van der Waals surface area contributed by atoms with Gasteiger partial charge in [0.05, 0.1) is 19.9 Å². The number of methoxy groups -OCH3 is 1. The van der Waals surface area contributed by atoms with E-state index in [9.17, 15) is 4.79 Å². The lowest BCUT2D eigenvalue weighted by atomic mass is 10.1. The Kier molecular flexibility index (Phi) is 9.44. The summed E-state index contributed by atoms with van der Waals surface area (Å²) in [5.74, 6) is 0. The van der Waals surface area contributed by atoms with Crippen LogP contribution in [0.15, 0.2) is 33.7 Å². The quantitative estimate of drug-likeness (QED) is 0.471. The van der Waals surface area contributed by atoms with Crippen molar-refractivity contribution < 1.29 is 28.9 Å². The highest BCUT2D eigenvalue weighted by Gasteiger charge is 2.22. The number of anilines is 1. The fourth-order valence-corrected chi connectivity index (χ4v) is 2.37. The van der Waals surface area contributed by atoms with Crippen molar-refractivity contribution >= 4 is 28.9 Å². The molecule has 0 unspecified atom stereocenters. The Balaban J connectivity index is 3.09. The molecule has 10 nitrogen and oxygen atoms in total. The maximum atomic E-state index is 12.0. The minimum Gasteiger partial charge on any atom is -0.451 e. The molecule has 0 radical (unpaired) electrons. The molecule has 0 saturated carbocycles. The van der Waals surface area contributed by atoms with Gasteiger partial charge in [-0.05, 0) is 26.3 Å². The summed E-state index contributed by atoms with van der Waals surface area (Å²) in [5, 5.41) is 12.8. The zero-order chi connectivity index (χ0) is 21.1. The molecule has 0 aliphatic heterocycles. The largest absolute Gasteiger partial charge is 0.451 e. The van der Waals surface area contributed by atoms with Gasteiger partial charge in [-0.2, -0.15) is 5.06 Å². The molecule has 1 aromatic rings. The van der Waals surface area contributed by atoms with Gasteiger partial charge in [-0.1, -0.05) is 33.7 Å². The average Bonchev–Trinajstić information content (AvgIpc) is 2.68. The number of benzene rings is 1. The van der Waals surface area contributed by atoms with E-state index < -0.39 is 6.09 Å². The Morgan fingerprint density at radius 2 is 1.64 bits per heavy atom. The van der Waals surface area contributed by atoms with Crippen molar-refractivity contribution in [2.75, 3.05) is 33.5 Å². The van der Waals surface area contributed by atoms with E-state index in [1.165, 1.54) is 28.4 Å². The summed E-state index contributed by atoms with van der Waals surface area (Å²) in [6.45, 7) is 5.31. The Labute approximate surface area is 164 Å². The van der Waals surface area contributed by atoms with E-state index in [1.54, 1.807) is 19.9 Å². The summed E-state index contributed by atoms with van der Waals surface area (Å²) in [4.78, 5) is 32.2. The molecule has 154 valence electrons. The second kappa shape index (κ2) is 11.5. The number of carbonyl (C=O) groups is 1. The number of hydrogen-bond acceptors (Lipinski definition) is 9. The van der Waals surface area contributed by atoms with E-state index in [1.807, 2.05) is 19.1 Å². The maximum Gasteiger partial charge on any atom is 0.438 e. The minimum absolute atomic E-state index is 0.0753. The number of hydrogen-bond donors (Lipinski definition) is 0. The standard InChI is InChI=1S/C18H26N4O6/c1-12-9-8-10-15(17(12)22(27-7)18(23)24-4)11-28-20-14(3)16(21-26-6)13(2)19-25-5/h8-10H,11H2,1-7H3/b19-13-,20-14-,21-16-. The summed E-state index contributed by atoms with van der Waals surface area (Å²) in [6, 6.07) is 5.48. The number of ether oxygens (including phenoxy) is 1. The van der Waals surface area contributed by atoms with Gasteiger partial charge in [-0.3, -0.25) is 4.84 Å². The van der Waals surface area contributed by atoms with Crippen molar-refractivity contribution in [1.82, 2.24) is 0 Å². The maximum absolute atomic E-state index is 12.0. The normalized spacial score (nSPS) is 12.5. The van der Waals surface area contributed by atoms with Crippen molar-refractivity contribution in [2.45, 2.75) is 27.4 Å². The molecule has 0 aromatic heterocycles. The number of aryl methyl sites for hydroxylation is 1. The molecule has 0 N–H and O–H groups in total. The van der Waals surface area contributed by atoms with Crippen LogP contribution in [0, 0.1) is 6.92 Å². The molecule has 1 aromatic carbocycles. The van der Waals surface area contributed by atoms with Crippen molar-refractivity contribution in [1.29, 1.82) is 0 Å². The van der Waals surface area contributed by atoms with Crippen LogP contribution in [0.2, 0.25) is 0 Å². The third-order valence-electron chi connectivity index (χ3n) is 3.57. The topological polar surface area (TPSA) is 104 Å². The van der Waals surface area contributed by atoms with Crippen molar-refractivity contribution in [3.05, 3.63) is 29.3 Å². The van der Waals surface area contributed by atoms with E-state index in [0.29, 0.717) is 28.4 Å². The molecule has 0 heterocycles. The molecule has 28 heavy (non-hydrogen) atoms. The first-order valence-corrected chi connectivity index (χ1v) is 8.28. The molecule has 10 heteroatoms. The second-order valence-corrected chi connectivity index (χ2v) is 5.46. The van der Waals surface area contributed by atoms with Crippen LogP contribution in [0.3, 0.4) is 0 Å². The van der Waals surface area contributed by atoms with Crippen LogP contribution in [-0.4, -0.2) is 51.7 Å². The summed E-state index contributed by atoms with van der Waals surface area (Å²) in [6.07, 6.45) is -0.654. The van der Waals surface area contributed by atoms with Gasteiger partial charge >= 0.3 is 6.09 Å². The first-order valence-electron chi connectivity index (χ1n) is 8.28. The molecule has 0 saturated heterocycles. The van der Waals surface area contributed by atoms with Crippen LogP contribution < -0.4 is 5.06 Å². The third kappa shape index (κ3) is 5.95. The van der Waals surface area contributed by atoms with E-state index in [2.05, 4.69) is 15.5 Å². The third-order valence-corrected chi connectivity index (χ3v) is 3.57. The number of nitrogens with zero attached hydrogens (tertiary/aromatic N) is 4. The van der Waals surface area contributed by atoms with Gasteiger partial charge < -0.3 is 19.2 Å². The van der Waals surface area contributed by atoms with Crippen LogP contribution >= 0.6 is 0 Å². The van der Waals surface area contributed by atoms with Crippen molar-refractivity contribution in [2.24, 2.45) is 15.5 Å². The Hall–Kier alpha value is -3.14. The number of oxime groups is 3. The average molecular weight is 394 g/mol. The SMILES string of the molecule is CO\N=C(C)/C(=N/OC)C(/C)=N\OCc1cccc(C)c1N(OC)C(=O)OC. The lowest BCUT2D eigenvalue weighted by Crippen LogP contribution is -2.31. The van der Waals surface area contributed by atoms with E-state index in [-0.39, 0.29) is 6.61 Å². The van der Waals surface area contributed by atoms with E-state index in [4.69, 9.17) is 24.1 Å². The van der Waals surface area contributed by atoms with Crippen LogP contribution in [0.25, 0.3) is 0 Å². The molecule has 1 rings (SSSR count). The monoisotopic (exact) mass is 394 g/mol. The van der Waals surface area contributed by atoms with Gasteiger partial charge in [-0.25, -0.2) is 4.79 Å². The predicted octanol–water partition coefficient (Wildman–Crippen LogP) is 3.05. The summed E-state index contributed by atoms with van der Waals surface area (Å²) < 4.78 is 4.76. The van der Waals surface area contributed by atoms with Gasteiger partial charge in [0.25, 0.3) is 0 Å². The van der Waals surface area contributed by atoms with Crippen molar-refractivity contribution in [3.63, 3.8) is 0 Å². The summed E-state index contributed by atoms with van der Waals surface area (Å²) in [7, 11) is 5.50. The number of amides is 1. The van der Waals surface area contributed by atoms with Gasteiger partial charge in [-0.15, -0.1) is 0 Å². The number of carbonyl (C=O) groups excluding carboxylic acids is 1. The lowest BCUT2D eigenvalue weighted by molar-refractivity contribution is 0.111. The predicted molar refractivity (Wildman–Crippen MR) is 106 cm³/mol. The molecule has 0 spiro atoms. The highest BCUT2D eigenvalue weighted by molar-refractivity contribution is 6.67. The lowest BCUT2D eigenvalue weighted by Gasteiger charge is -2.22. The summed E-state index contributed by atoms with van der Waals surface area (Å²) in [5.41, 5.74) is 3.29. The Morgan fingerprint density at radius 1 is 1.00 bits per heavy atom. The first kappa shape index (κ1) is 22.9. The smallest absolute Gasteiger partial charge is 0.438 e. The van der Waals surface area contributed by atoms with Crippen LogP contribution in [0.5, 0.6) is 0 Å². The molecule has 0 aliphatic rings. The van der Waals surface area contributed by atoms with Gasteiger partial charge in [0.1, 0.15) is 32.2 Å². The molecule has 1 amide bonds. The number of para-hydroxylation sites is 1. The zero-order valence-corrected chi connectivity index (χ0v) is 17.2. The minimum atomic E-state index is -0.654. The second-order valence-electron chi connectivity index (χ2n) is 5.46. The van der Waals surface area contributed by atoms with Crippen LogP contribution in [-0.2, 0) is 30.7 Å². The fourth-order valence-electron chi connectivity index (χ4n) is 2.37. The molecule has 0 atom stereocenters. The first-order chi connectivity index (χ1) is 13.4. The van der Waals surface area contributed by atoms with Crippen molar-refractivity contribution in [3.8, 4) is 0 Å². The van der Waals surface area contributed by atoms with Gasteiger partial charge in [0, 0.05) is 5.56 Å². The molecular weight excluding hydrogens is 368 g/mol. The molecule has 0 bridgehead atoms. The molecule has 0 fully saturated rings. The zero-order valence-electron chi connectivity index (χ0n) is 17.2. The van der Waals surface area contributed by atoms with Gasteiger partial charge in [0.15, 0.2) is 5.71 Å². The van der Waals surface area contributed by atoms with Crippen LogP contribution in [0.4, 0.5) is 10.5 Å². The van der Waals surface area contributed by atoms with Gasteiger partial charge in [0.2, 0.25) is 0 Å². The molecular formula is C18H26N4O6. The Morgan fingerprint density at radius 3 is 2.21 bits per heavy atom. The highest BCUT2D eigenvalue weighted by Crippen LogP contribution is 2.26. The van der Waals surface area contributed by atoms with E-state index >= 15 is 0 Å². The Bertz CT molecular complexity index is 760. The fraction of sp³-hybridized carbons (Fsp3) is 0.444. The molecule has 0 aliphatic carbocycles. The van der Waals surface area contributed by atoms with Crippen LogP contribution in [0.1, 0.15) is 25.0 Å².